The number of hydrogen-bond donors (Lipinski definition) is 1. The van der Waals surface area contributed by atoms with Gasteiger partial charge in [0.1, 0.15) is 11.5 Å². The summed E-state index contributed by atoms with van der Waals surface area (Å²) in [6, 6.07) is 1.23. The highest BCUT2D eigenvalue weighted by molar-refractivity contribution is 6.37. The minimum atomic E-state index is -4.96. The maximum atomic E-state index is 13.9. The lowest BCUT2D eigenvalue weighted by Gasteiger charge is -2.40. The molecule has 1 aliphatic heterocycles. The molecule has 0 fully saturated rings. The second-order valence-corrected chi connectivity index (χ2v) is 6.30. The van der Waals surface area contributed by atoms with Gasteiger partial charge in [-0.3, -0.25) is 0 Å². The molecule has 0 spiro atoms. The van der Waals surface area contributed by atoms with Crippen molar-refractivity contribution >= 4 is 35.2 Å². The second-order valence-electron chi connectivity index (χ2n) is 5.51. The van der Waals surface area contributed by atoms with Crippen LogP contribution in [-0.4, -0.2) is 30.0 Å². The number of carboxylic acid groups (broad SMARTS) is 1. The van der Waals surface area contributed by atoms with Crippen LogP contribution in [0.2, 0.25) is 10.0 Å². The average molecular weight is 399 g/mol. The van der Waals surface area contributed by atoms with E-state index in [0.717, 1.165) is 6.08 Å². The Morgan fingerprint density at radius 2 is 2.04 bits per heavy atom. The van der Waals surface area contributed by atoms with Gasteiger partial charge in [0.25, 0.3) is 0 Å². The van der Waals surface area contributed by atoms with E-state index in [0.29, 0.717) is 6.42 Å². The minimum Gasteiger partial charge on any atom is -0.495 e. The second kappa shape index (κ2) is 6.96. The molecule has 1 aliphatic rings. The Kier molecular flexibility index (Phi) is 5.49. The number of halogens is 5. The van der Waals surface area contributed by atoms with Gasteiger partial charge in [-0.25, -0.2) is 4.79 Å². The SMILES string of the molecule is CCCCC1(C(F)(F)F)Oc2c(Cl)cc(OC)c(Cl)c2C=C1C(=O)O. The highest BCUT2D eigenvalue weighted by Gasteiger charge is 2.62. The molecule has 0 bridgehead atoms. The molecular formula is C16H15Cl2F3O4. The van der Waals surface area contributed by atoms with Crippen molar-refractivity contribution < 1.29 is 32.5 Å². The quantitative estimate of drug-likeness (QED) is 0.725. The number of benzene rings is 1. The van der Waals surface area contributed by atoms with Gasteiger partial charge >= 0.3 is 12.1 Å². The van der Waals surface area contributed by atoms with Crippen molar-refractivity contribution in [3.63, 3.8) is 0 Å². The third-order valence-corrected chi connectivity index (χ3v) is 4.63. The molecule has 9 heteroatoms. The van der Waals surface area contributed by atoms with Crippen molar-refractivity contribution in [3.05, 3.63) is 27.2 Å². The smallest absolute Gasteiger partial charge is 0.432 e. The molecule has 1 aromatic rings. The topological polar surface area (TPSA) is 55.8 Å². The number of fused-ring (bicyclic) bond motifs is 1. The number of unbranched alkanes of at least 4 members (excludes halogenated alkanes) is 1. The van der Waals surface area contributed by atoms with E-state index in [-0.39, 0.29) is 33.5 Å². The maximum absolute atomic E-state index is 13.9. The van der Waals surface area contributed by atoms with Crippen molar-refractivity contribution in [1.82, 2.24) is 0 Å². The lowest BCUT2D eigenvalue weighted by Crippen LogP contribution is -2.54. The van der Waals surface area contributed by atoms with Crippen LogP contribution >= 0.6 is 23.2 Å². The van der Waals surface area contributed by atoms with Gasteiger partial charge in [-0.2, -0.15) is 13.2 Å². The number of alkyl halides is 3. The zero-order chi connectivity index (χ0) is 19.0. The molecule has 1 aromatic carbocycles. The molecule has 0 aromatic heterocycles. The summed E-state index contributed by atoms with van der Waals surface area (Å²) in [6.07, 6.45) is -4.11. The van der Waals surface area contributed by atoms with E-state index >= 15 is 0 Å². The molecule has 1 atom stereocenters. The zero-order valence-corrected chi connectivity index (χ0v) is 14.8. The Bertz CT molecular complexity index is 731. The van der Waals surface area contributed by atoms with Gasteiger partial charge in [0.15, 0.2) is 0 Å². The third-order valence-electron chi connectivity index (χ3n) is 3.96. The first-order valence-electron chi connectivity index (χ1n) is 7.36. The highest BCUT2D eigenvalue weighted by atomic mass is 35.5. The molecule has 0 amide bonds. The van der Waals surface area contributed by atoms with Crippen LogP contribution in [0.15, 0.2) is 11.6 Å². The predicted octanol–water partition coefficient (Wildman–Crippen LogP) is 5.35. The van der Waals surface area contributed by atoms with Crippen molar-refractivity contribution in [2.45, 2.75) is 38.0 Å². The molecule has 0 aliphatic carbocycles. The molecule has 0 saturated carbocycles. The number of methoxy groups -OCH3 is 1. The molecule has 2 rings (SSSR count). The van der Waals surface area contributed by atoms with E-state index in [1.165, 1.54) is 13.2 Å². The van der Waals surface area contributed by atoms with Crippen LogP contribution in [0.1, 0.15) is 31.7 Å². The standard InChI is InChI=1S/C16H15Cl2F3O4/c1-3-4-5-15(16(19,20)21)9(14(22)23)6-8-12(18)11(24-2)7-10(17)13(8)25-15/h6-7H,3-5H2,1-2H3,(H,22,23). The Morgan fingerprint density at radius 1 is 1.40 bits per heavy atom. The van der Waals surface area contributed by atoms with Gasteiger partial charge in [-0.1, -0.05) is 36.5 Å². The molecule has 138 valence electrons. The summed E-state index contributed by atoms with van der Waals surface area (Å²) in [4.78, 5) is 11.6. The minimum absolute atomic E-state index is 0.0557. The Morgan fingerprint density at radius 3 is 2.52 bits per heavy atom. The van der Waals surface area contributed by atoms with Crippen LogP contribution in [0.5, 0.6) is 11.5 Å². The molecule has 0 radical (unpaired) electrons. The first-order chi connectivity index (χ1) is 11.6. The van der Waals surface area contributed by atoms with Crippen molar-refractivity contribution in [2.24, 2.45) is 0 Å². The van der Waals surface area contributed by atoms with Crippen molar-refractivity contribution in [2.75, 3.05) is 7.11 Å². The summed E-state index contributed by atoms with van der Waals surface area (Å²) >= 11 is 12.1. The molecule has 4 nitrogen and oxygen atoms in total. The molecule has 0 saturated heterocycles. The fraction of sp³-hybridized carbons (Fsp3) is 0.438. The average Bonchev–Trinajstić information content (AvgIpc) is 2.54. The van der Waals surface area contributed by atoms with Gasteiger partial charge in [0.05, 0.1) is 22.7 Å². The van der Waals surface area contributed by atoms with E-state index in [2.05, 4.69) is 0 Å². The molecule has 1 N–H and O–H groups in total. The van der Waals surface area contributed by atoms with Crippen LogP contribution in [-0.2, 0) is 4.79 Å². The molecular weight excluding hydrogens is 384 g/mol. The van der Waals surface area contributed by atoms with Gasteiger partial charge in [-0.15, -0.1) is 0 Å². The summed E-state index contributed by atoms with van der Waals surface area (Å²) in [5.41, 5.74) is -3.99. The monoisotopic (exact) mass is 398 g/mol. The van der Waals surface area contributed by atoms with Crippen LogP contribution < -0.4 is 9.47 Å². The summed E-state index contributed by atoms with van der Waals surface area (Å²) in [5, 5.41) is 9.17. The summed E-state index contributed by atoms with van der Waals surface area (Å²) in [6.45, 7) is 1.69. The predicted molar refractivity (Wildman–Crippen MR) is 87.6 cm³/mol. The zero-order valence-electron chi connectivity index (χ0n) is 13.3. The maximum Gasteiger partial charge on any atom is 0.432 e. The molecule has 1 unspecified atom stereocenters. The Hall–Kier alpha value is -1.60. The first-order valence-corrected chi connectivity index (χ1v) is 8.11. The Labute approximate surface area is 152 Å². The van der Waals surface area contributed by atoms with Gasteiger partial charge in [0.2, 0.25) is 5.60 Å². The van der Waals surface area contributed by atoms with Crippen LogP contribution in [0, 0.1) is 0 Å². The van der Waals surface area contributed by atoms with E-state index in [1.54, 1.807) is 6.92 Å². The van der Waals surface area contributed by atoms with E-state index in [1.807, 2.05) is 0 Å². The van der Waals surface area contributed by atoms with Gasteiger partial charge in [0, 0.05) is 18.1 Å². The number of aliphatic carboxylic acids is 1. The lowest BCUT2D eigenvalue weighted by atomic mass is 9.83. The van der Waals surface area contributed by atoms with E-state index in [4.69, 9.17) is 32.7 Å². The fourth-order valence-electron chi connectivity index (χ4n) is 2.67. The Balaban J connectivity index is 2.78. The first kappa shape index (κ1) is 19.7. The highest BCUT2D eigenvalue weighted by Crippen LogP contribution is 2.52. The van der Waals surface area contributed by atoms with Crippen LogP contribution in [0.25, 0.3) is 6.08 Å². The van der Waals surface area contributed by atoms with E-state index in [9.17, 15) is 23.1 Å². The fourth-order valence-corrected chi connectivity index (χ4v) is 3.19. The summed E-state index contributed by atoms with van der Waals surface area (Å²) < 4.78 is 51.8. The lowest BCUT2D eigenvalue weighted by molar-refractivity contribution is -0.238. The number of ether oxygens (including phenoxy) is 2. The summed E-state index contributed by atoms with van der Waals surface area (Å²) in [5.74, 6) is -1.96. The third kappa shape index (κ3) is 3.27. The van der Waals surface area contributed by atoms with Gasteiger partial charge in [-0.05, 0) is 12.5 Å². The number of carbonyl (C=O) groups is 1. The largest absolute Gasteiger partial charge is 0.495 e. The van der Waals surface area contributed by atoms with Crippen LogP contribution in [0.3, 0.4) is 0 Å². The van der Waals surface area contributed by atoms with Crippen LogP contribution in [0.4, 0.5) is 13.2 Å². The normalized spacial score (nSPS) is 19.7. The van der Waals surface area contributed by atoms with Crippen molar-refractivity contribution in [3.8, 4) is 11.5 Å². The number of rotatable bonds is 5. The number of carboxylic acids is 1. The molecule has 1 heterocycles. The van der Waals surface area contributed by atoms with E-state index < -0.39 is 29.7 Å². The van der Waals surface area contributed by atoms with Gasteiger partial charge < -0.3 is 14.6 Å². The number of hydrogen-bond acceptors (Lipinski definition) is 3. The summed E-state index contributed by atoms with van der Waals surface area (Å²) in [7, 11) is 1.30. The molecule has 25 heavy (non-hydrogen) atoms. The van der Waals surface area contributed by atoms with Crippen molar-refractivity contribution in [1.29, 1.82) is 0 Å².